The van der Waals surface area contributed by atoms with Gasteiger partial charge in [-0.15, -0.1) is 0 Å². The minimum atomic E-state index is 0.104. The molecule has 0 radical (unpaired) electrons. The highest BCUT2D eigenvalue weighted by Gasteiger charge is 2.25. The molecule has 0 fully saturated rings. The molecule has 1 unspecified atom stereocenters. The molecular weight excluding hydrogens is 318 g/mol. The molecule has 1 atom stereocenters. The predicted molar refractivity (Wildman–Crippen MR) is 96.7 cm³/mol. The Morgan fingerprint density at radius 3 is 2.40 bits per heavy atom. The number of aromatic nitrogens is 2. The van der Waals surface area contributed by atoms with Gasteiger partial charge in [0.2, 0.25) is 5.75 Å². The number of benzene rings is 1. The first kappa shape index (κ1) is 17.6. The van der Waals surface area contributed by atoms with Gasteiger partial charge in [0, 0.05) is 17.3 Å². The Bertz CT molecular complexity index is 730. The molecule has 2 aromatic rings. The number of ether oxygens (including phenoxy) is 3. The van der Waals surface area contributed by atoms with E-state index in [0.717, 1.165) is 36.9 Å². The van der Waals surface area contributed by atoms with Crippen LogP contribution in [0.5, 0.6) is 17.2 Å². The molecule has 1 aromatic heterocycles. The fourth-order valence-electron chi connectivity index (χ4n) is 3.68. The molecule has 1 aromatic carbocycles. The second-order valence-corrected chi connectivity index (χ2v) is 6.35. The van der Waals surface area contributed by atoms with Crippen molar-refractivity contribution in [3.8, 4) is 17.2 Å². The number of nitrogens with two attached hydrogens (primary N) is 1. The molecule has 1 heterocycles. The van der Waals surface area contributed by atoms with Crippen molar-refractivity contribution in [2.45, 2.75) is 45.2 Å². The van der Waals surface area contributed by atoms with Crippen LogP contribution in [0.2, 0.25) is 0 Å². The summed E-state index contributed by atoms with van der Waals surface area (Å²) < 4.78 is 18.4. The van der Waals surface area contributed by atoms with Crippen molar-refractivity contribution < 1.29 is 14.2 Å². The summed E-state index contributed by atoms with van der Waals surface area (Å²) in [5, 5.41) is 4.83. The molecule has 0 saturated carbocycles. The fourth-order valence-corrected chi connectivity index (χ4v) is 3.68. The molecule has 25 heavy (non-hydrogen) atoms. The highest BCUT2D eigenvalue weighted by atomic mass is 16.5. The first-order valence-corrected chi connectivity index (χ1v) is 8.75. The summed E-state index contributed by atoms with van der Waals surface area (Å²) >= 11 is 0. The maximum absolute atomic E-state index is 6.35. The van der Waals surface area contributed by atoms with Gasteiger partial charge in [0.05, 0.1) is 33.6 Å². The van der Waals surface area contributed by atoms with Gasteiger partial charge >= 0.3 is 0 Å². The first-order chi connectivity index (χ1) is 12.1. The fraction of sp³-hybridized carbons (Fsp3) is 0.526. The summed E-state index contributed by atoms with van der Waals surface area (Å²) in [7, 11) is 4.87. The van der Waals surface area contributed by atoms with Gasteiger partial charge < -0.3 is 19.9 Å². The smallest absolute Gasteiger partial charge is 0.203 e. The third kappa shape index (κ3) is 3.18. The van der Waals surface area contributed by atoms with Crippen molar-refractivity contribution in [3.05, 3.63) is 34.6 Å². The lowest BCUT2D eigenvalue weighted by atomic mass is 9.91. The summed E-state index contributed by atoms with van der Waals surface area (Å²) in [5.74, 6) is 1.92. The minimum absolute atomic E-state index is 0.104. The van der Waals surface area contributed by atoms with E-state index in [1.54, 1.807) is 21.3 Å². The zero-order chi connectivity index (χ0) is 18.0. The Morgan fingerprint density at radius 1 is 1.16 bits per heavy atom. The van der Waals surface area contributed by atoms with E-state index in [4.69, 9.17) is 25.0 Å². The van der Waals surface area contributed by atoms with E-state index in [9.17, 15) is 0 Å². The monoisotopic (exact) mass is 345 g/mol. The van der Waals surface area contributed by atoms with Gasteiger partial charge in [0.1, 0.15) is 0 Å². The van der Waals surface area contributed by atoms with Crippen LogP contribution in [0.3, 0.4) is 0 Å². The standard InChI is InChI=1S/C19H27N3O3/c1-5-14-18-13(20)7-6-8-15(18)22(21-14)11-12-9-16(23-2)19(25-4)17(10-12)24-3/h9-10,13H,5-8,11,20H2,1-4H3. The van der Waals surface area contributed by atoms with Crippen LogP contribution in [-0.4, -0.2) is 31.1 Å². The third-order valence-electron chi connectivity index (χ3n) is 4.87. The van der Waals surface area contributed by atoms with E-state index in [2.05, 4.69) is 11.6 Å². The Morgan fingerprint density at radius 2 is 1.84 bits per heavy atom. The summed E-state index contributed by atoms with van der Waals surface area (Å²) in [6.07, 6.45) is 4.08. The van der Waals surface area contributed by atoms with Gasteiger partial charge in [-0.2, -0.15) is 5.10 Å². The van der Waals surface area contributed by atoms with Crippen molar-refractivity contribution in [2.24, 2.45) is 5.73 Å². The van der Waals surface area contributed by atoms with Gasteiger partial charge in [-0.05, 0) is 43.4 Å². The Balaban J connectivity index is 2.01. The average molecular weight is 345 g/mol. The van der Waals surface area contributed by atoms with E-state index in [0.29, 0.717) is 23.8 Å². The first-order valence-electron chi connectivity index (χ1n) is 8.75. The van der Waals surface area contributed by atoms with Crippen LogP contribution in [0.4, 0.5) is 0 Å². The van der Waals surface area contributed by atoms with Crippen molar-refractivity contribution in [3.63, 3.8) is 0 Å². The van der Waals surface area contributed by atoms with E-state index >= 15 is 0 Å². The van der Waals surface area contributed by atoms with Gasteiger partial charge in [-0.25, -0.2) is 0 Å². The predicted octanol–water partition coefficient (Wildman–Crippen LogP) is 2.86. The molecule has 1 aliphatic carbocycles. The normalized spacial score (nSPS) is 16.4. The van der Waals surface area contributed by atoms with Crippen LogP contribution >= 0.6 is 0 Å². The molecule has 0 spiro atoms. The number of hydrogen-bond acceptors (Lipinski definition) is 5. The van der Waals surface area contributed by atoms with Crippen molar-refractivity contribution in [1.82, 2.24) is 9.78 Å². The number of hydrogen-bond donors (Lipinski definition) is 1. The number of methoxy groups -OCH3 is 3. The SMILES string of the molecule is CCc1nn(Cc2cc(OC)c(OC)c(OC)c2)c2c1C(N)CCC2. The van der Waals surface area contributed by atoms with Crippen LogP contribution < -0.4 is 19.9 Å². The lowest BCUT2D eigenvalue weighted by Gasteiger charge is -2.21. The second kappa shape index (κ2) is 7.35. The van der Waals surface area contributed by atoms with Crippen molar-refractivity contribution in [1.29, 1.82) is 0 Å². The lowest BCUT2D eigenvalue weighted by molar-refractivity contribution is 0.323. The second-order valence-electron chi connectivity index (χ2n) is 6.35. The van der Waals surface area contributed by atoms with Crippen LogP contribution in [0.25, 0.3) is 0 Å². The van der Waals surface area contributed by atoms with Crippen LogP contribution in [-0.2, 0) is 19.4 Å². The molecule has 0 bridgehead atoms. The van der Waals surface area contributed by atoms with E-state index < -0.39 is 0 Å². The number of aryl methyl sites for hydroxylation is 1. The number of fused-ring (bicyclic) bond motifs is 1. The quantitative estimate of drug-likeness (QED) is 0.872. The maximum Gasteiger partial charge on any atom is 0.203 e. The minimum Gasteiger partial charge on any atom is -0.493 e. The highest BCUT2D eigenvalue weighted by Crippen LogP contribution is 2.39. The van der Waals surface area contributed by atoms with Crippen molar-refractivity contribution >= 4 is 0 Å². The zero-order valence-corrected chi connectivity index (χ0v) is 15.5. The van der Waals surface area contributed by atoms with E-state index in [1.165, 1.54) is 11.3 Å². The Hall–Kier alpha value is -2.21. The average Bonchev–Trinajstić information content (AvgIpc) is 2.99. The van der Waals surface area contributed by atoms with Gasteiger partial charge in [-0.3, -0.25) is 4.68 Å². The number of nitrogens with zero attached hydrogens (tertiary/aromatic N) is 2. The van der Waals surface area contributed by atoms with Crippen LogP contribution in [0.15, 0.2) is 12.1 Å². The van der Waals surface area contributed by atoms with Gasteiger partial charge in [0.25, 0.3) is 0 Å². The Kier molecular flexibility index (Phi) is 5.18. The number of rotatable bonds is 6. The zero-order valence-electron chi connectivity index (χ0n) is 15.5. The summed E-state index contributed by atoms with van der Waals surface area (Å²) in [5.41, 5.74) is 11.0. The van der Waals surface area contributed by atoms with Crippen LogP contribution in [0, 0.1) is 0 Å². The summed E-state index contributed by atoms with van der Waals surface area (Å²) in [6.45, 7) is 2.79. The molecule has 0 amide bonds. The molecule has 6 nitrogen and oxygen atoms in total. The molecule has 6 heteroatoms. The maximum atomic E-state index is 6.35. The van der Waals surface area contributed by atoms with E-state index in [-0.39, 0.29) is 6.04 Å². The lowest BCUT2D eigenvalue weighted by Crippen LogP contribution is -2.19. The van der Waals surface area contributed by atoms with Crippen LogP contribution in [0.1, 0.15) is 48.3 Å². The third-order valence-corrected chi connectivity index (χ3v) is 4.87. The van der Waals surface area contributed by atoms with Crippen molar-refractivity contribution in [2.75, 3.05) is 21.3 Å². The Labute approximate surface area is 148 Å². The van der Waals surface area contributed by atoms with Gasteiger partial charge in [0.15, 0.2) is 11.5 Å². The summed E-state index contributed by atoms with van der Waals surface area (Å²) in [4.78, 5) is 0. The molecule has 136 valence electrons. The molecule has 3 rings (SSSR count). The molecule has 0 aliphatic heterocycles. The largest absolute Gasteiger partial charge is 0.493 e. The van der Waals surface area contributed by atoms with E-state index in [1.807, 2.05) is 12.1 Å². The molecule has 2 N–H and O–H groups in total. The van der Waals surface area contributed by atoms with Gasteiger partial charge in [-0.1, -0.05) is 6.92 Å². The molecule has 1 aliphatic rings. The molecule has 0 saturated heterocycles. The topological polar surface area (TPSA) is 71.5 Å². The summed E-state index contributed by atoms with van der Waals surface area (Å²) in [6, 6.07) is 4.06. The highest BCUT2D eigenvalue weighted by molar-refractivity contribution is 5.54. The molecular formula is C19H27N3O3.